The summed E-state index contributed by atoms with van der Waals surface area (Å²) in [6.07, 6.45) is -0.0895. The molecule has 1 aliphatic heterocycles. The van der Waals surface area contributed by atoms with E-state index in [-0.39, 0.29) is 39.4 Å². The summed E-state index contributed by atoms with van der Waals surface area (Å²) in [5.74, 6) is 0. The highest BCUT2D eigenvalue weighted by atomic mass is 31.2. The number of carbonyl (C=O) groups is 1. The van der Waals surface area contributed by atoms with Crippen LogP contribution >= 0.6 is 15.2 Å². The van der Waals surface area contributed by atoms with Gasteiger partial charge < -0.3 is 32.8 Å². The van der Waals surface area contributed by atoms with Gasteiger partial charge in [0.05, 0.1) is 39.6 Å². The van der Waals surface area contributed by atoms with Gasteiger partial charge in [-0.3, -0.25) is 9.13 Å². The highest BCUT2D eigenvalue weighted by Gasteiger charge is 2.71. The van der Waals surface area contributed by atoms with Gasteiger partial charge in [0.25, 0.3) is 5.08 Å². The van der Waals surface area contributed by atoms with Crippen molar-refractivity contribution in [3.8, 4) is 0 Å². The molecule has 1 fully saturated rings. The van der Waals surface area contributed by atoms with E-state index in [0.717, 1.165) is 4.90 Å². The smallest absolute Gasteiger partial charge is 0.409 e. The first-order chi connectivity index (χ1) is 12.7. The van der Waals surface area contributed by atoms with Crippen LogP contribution in [0.2, 0.25) is 0 Å². The predicted octanol–water partition coefficient (Wildman–Crippen LogP) is 3.40. The van der Waals surface area contributed by atoms with Crippen LogP contribution in [-0.2, 0) is 32.0 Å². The van der Waals surface area contributed by atoms with Crippen molar-refractivity contribution in [3.63, 3.8) is 0 Å². The Hall–Kier alpha value is -0.470. The van der Waals surface area contributed by atoms with Crippen LogP contribution < -0.4 is 0 Å². The summed E-state index contributed by atoms with van der Waals surface area (Å²) in [5, 5.41) is 9.01. The summed E-state index contributed by atoms with van der Waals surface area (Å²) in [6.45, 7) is 6.14. The highest BCUT2D eigenvalue weighted by molar-refractivity contribution is 7.74. The monoisotopic (exact) mass is 431 g/mol. The quantitative estimate of drug-likeness (QED) is 0.491. The Balaban J connectivity index is 3.67. The summed E-state index contributed by atoms with van der Waals surface area (Å²) in [6, 6.07) is -1.20. The zero-order valence-corrected chi connectivity index (χ0v) is 18.4. The van der Waals surface area contributed by atoms with Gasteiger partial charge in [-0.15, -0.1) is 0 Å². The number of likely N-dealkylation sites (tertiary alicyclic amines) is 1. The molecule has 12 heteroatoms. The average Bonchev–Trinajstić information content (AvgIpc) is 3.11. The molecule has 0 aromatic rings. The molecule has 1 amide bonds. The van der Waals surface area contributed by atoms with E-state index in [2.05, 4.69) is 0 Å². The SMILES string of the molecule is CCOP(=O)(OCC)C(O)([C@@H]1CCCN1C(=O)OC)P(=O)(OCC)OCC. The van der Waals surface area contributed by atoms with Gasteiger partial charge in [-0.1, -0.05) is 0 Å². The van der Waals surface area contributed by atoms with Crippen molar-refractivity contribution >= 4 is 21.3 Å². The Kier molecular flexibility index (Phi) is 9.42. The van der Waals surface area contributed by atoms with Crippen molar-refractivity contribution < 1.29 is 41.9 Å². The van der Waals surface area contributed by atoms with Crippen LogP contribution in [0.3, 0.4) is 0 Å². The second-order valence-corrected chi connectivity index (χ2v) is 10.4. The molecule has 0 spiro atoms. The van der Waals surface area contributed by atoms with Gasteiger partial charge in [-0.25, -0.2) is 4.79 Å². The molecule has 1 atom stereocenters. The molecule has 1 N–H and O–H groups in total. The maximum Gasteiger partial charge on any atom is 0.409 e. The standard InChI is InChI=1S/C15H31NO9P2/c1-6-22-26(19,23-7-2)15(18,27(20,24-8-3)25-9-4)13-11-10-12-16(13)14(17)21-5/h13,18H,6-12H2,1-5H3/t13-/m0/s1. The first-order valence-electron chi connectivity index (χ1n) is 9.06. The first-order valence-corrected chi connectivity index (χ1v) is 12.1. The molecule has 10 nitrogen and oxygen atoms in total. The average molecular weight is 431 g/mol. The lowest BCUT2D eigenvalue weighted by atomic mass is 10.2. The molecule has 1 saturated heterocycles. The van der Waals surface area contributed by atoms with E-state index in [0.29, 0.717) is 6.42 Å². The van der Waals surface area contributed by atoms with E-state index in [9.17, 15) is 19.0 Å². The van der Waals surface area contributed by atoms with Gasteiger partial charge in [-0.2, -0.15) is 0 Å². The van der Waals surface area contributed by atoms with E-state index in [1.54, 1.807) is 27.7 Å². The van der Waals surface area contributed by atoms with Crippen LogP contribution in [0.15, 0.2) is 0 Å². The summed E-state index contributed by atoms with van der Waals surface area (Å²) >= 11 is 0. The number of hydrogen-bond acceptors (Lipinski definition) is 9. The van der Waals surface area contributed by atoms with E-state index in [4.69, 9.17) is 22.8 Å². The maximum atomic E-state index is 13.7. The minimum absolute atomic E-state index is 0.0806. The summed E-state index contributed by atoms with van der Waals surface area (Å²) in [4.78, 5) is 13.4. The van der Waals surface area contributed by atoms with Crippen LogP contribution in [0.1, 0.15) is 40.5 Å². The number of amides is 1. The van der Waals surface area contributed by atoms with Gasteiger partial charge >= 0.3 is 21.3 Å². The number of hydrogen-bond donors (Lipinski definition) is 1. The third-order valence-corrected chi connectivity index (χ3v) is 10.2. The predicted molar refractivity (Wildman–Crippen MR) is 98.8 cm³/mol. The summed E-state index contributed by atoms with van der Waals surface area (Å²) in [7, 11) is -7.75. The fourth-order valence-corrected chi connectivity index (χ4v) is 8.58. The van der Waals surface area contributed by atoms with Crippen molar-refractivity contribution in [2.24, 2.45) is 0 Å². The maximum absolute atomic E-state index is 13.7. The normalized spacial score (nSPS) is 18.7. The van der Waals surface area contributed by atoms with E-state index < -0.39 is 32.4 Å². The molecule has 1 rings (SSSR count). The Morgan fingerprint density at radius 3 is 1.74 bits per heavy atom. The van der Waals surface area contributed by atoms with Crippen LogP contribution in [0.4, 0.5) is 4.79 Å². The molecule has 27 heavy (non-hydrogen) atoms. The van der Waals surface area contributed by atoms with Crippen molar-refractivity contribution in [3.05, 3.63) is 0 Å². The minimum Gasteiger partial charge on any atom is -0.453 e. The zero-order chi connectivity index (χ0) is 20.7. The molecule has 1 aliphatic rings. The largest absolute Gasteiger partial charge is 0.453 e. The third-order valence-electron chi connectivity index (χ3n) is 4.11. The molecule has 0 radical (unpaired) electrons. The minimum atomic E-state index is -4.47. The Morgan fingerprint density at radius 1 is 1.00 bits per heavy atom. The number of methoxy groups -OCH3 is 1. The second kappa shape index (κ2) is 10.3. The number of carbonyl (C=O) groups excluding carboxylic acids is 1. The van der Waals surface area contributed by atoms with Crippen LogP contribution in [0.25, 0.3) is 0 Å². The van der Waals surface area contributed by atoms with Crippen molar-refractivity contribution in [2.75, 3.05) is 40.1 Å². The number of ether oxygens (including phenoxy) is 1. The zero-order valence-electron chi connectivity index (χ0n) is 16.6. The lowest BCUT2D eigenvalue weighted by Gasteiger charge is -2.43. The molecule has 0 bridgehead atoms. The molecule has 0 aromatic carbocycles. The van der Waals surface area contributed by atoms with E-state index in [1.165, 1.54) is 7.11 Å². The van der Waals surface area contributed by atoms with Crippen LogP contribution in [0.5, 0.6) is 0 Å². The Labute approximate surface area is 160 Å². The molecule has 160 valence electrons. The van der Waals surface area contributed by atoms with Gasteiger partial charge in [0, 0.05) is 6.54 Å². The van der Waals surface area contributed by atoms with Crippen LogP contribution in [-0.4, -0.2) is 67.3 Å². The highest BCUT2D eigenvalue weighted by Crippen LogP contribution is 2.78. The van der Waals surface area contributed by atoms with Crippen molar-refractivity contribution in [1.29, 1.82) is 0 Å². The van der Waals surface area contributed by atoms with E-state index >= 15 is 0 Å². The molecular formula is C15H31NO9P2. The number of rotatable bonds is 11. The Bertz CT molecular complexity index is 536. The fraction of sp³-hybridized carbons (Fsp3) is 0.933. The van der Waals surface area contributed by atoms with Gasteiger partial charge in [0.1, 0.15) is 0 Å². The third kappa shape index (κ3) is 4.58. The number of aliphatic hydroxyl groups is 1. The number of nitrogens with zero attached hydrogens (tertiary/aromatic N) is 1. The van der Waals surface area contributed by atoms with Crippen molar-refractivity contribution in [1.82, 2.24) is 4.90 Å². The van der Waals surface area contributed by atoms with Gasteiger partial charge in [-0.05, 0) is 40.5 Å². The molecule has 0 saturated carbocycles. The molecule has 0 unspecified atom stereocenters. The first kappa shape index (κ1) is 24.6. The topological polar surface area (TPSA) is 121 Å². The Morgan fingerprint density at radius 2 is 1.41 bits per heavy atom. The lowest BCUT2D eigenvalue weighted by molar-refractivity contribution is 0.0268. The molecular weight excluding hydrogens is 400 g/mol. The van der Waals surface area contributed by atoms with Crippen LogP contribution in [0, 0.1) is 0 Å². The fourth-order valence-electron chi connectivity index (χ4n) is 3.15. The summed E-state index contributed by atoms with van der Waals surface area (Å²) in [5.41, 5.74) is 0. The molecule has 0 aliphatic carbocycles. The second-order valence-electron chi connectivity index (χ2n) is 5.67. The molecule has 0 aromatic heterocycles. The van der Waals surface area contributed by atoms with Crippen molar-refractivity contribution in [2.45, 2.75) is 51.7 Å². The molecule has 1 heterocycles. The van der Waals surface area contributed by atoms with E-state index in [1.807, 2.05) is 0 Å². The summed E-state index contributed by atoms with van der Waals surface area (Å²) < 4.78 is 53.4. The lowest BCUT2D eigenvalue weighted by Crippen LogP contribution is -2.52. The van der Waals surface area contributed by atoms with Gasteiger partial charge in [0.2, 0.25) is 0 Å². The van der Waals surface area contributed by atoms with Gasteiger partial charge in [0.15, 0.2) is 0 Å².